The van der Waals surface area contributed by atoms with E-state index >= 15 is 0 Å². The summed E-state index contributed by atoms with van der Waals surface area (Å²) in [5.74, 6) is 3.59. The number of unbranched alkanes of at least 4 members (excludes halogenated alkanes) is 12. The standard InChI is InChI=1S/C74H80N2O4/c1-5-9-13-21-45-77-67-41-33-53-25-17-19-27-61(53)71(67)73-63-37-29-55(49-57(63)35-43-69(73)79-47-23-15-11-7-3)59-31-39-65(75-51-59)66-40-32-60(52-76-66)56-30-38-64-58(50-56)36-44-70(80-48-24-16-12-8-4)74(64)72-62-28-20-18-26-54(62)34-42-68(72)78-46-22-14-10-6-2/h17-20,25-44,49-52H,5-16,21-24,45-48H2,1-4H3. The van der Waals surface area contributed by atoms with Crippen LogP contribution in [0.4, 0.5) is 0 Å². The predicted octanol–water partition coefficient (Wildman–Crippen LogP) is 21.3. The summed E-state index contributed by atoms with van der Waals surface area (Å²) in [6, 6.07) is 56.7. The number of hydrogen-bond acceptors (Lipinski definition) is 6. The number of nitrogens with zero attached hydrogens (tertiary/aromatic N) is 2. The molecular weight excluding hydrogens is 981 g/mol. The highest BCUT2D eigenvalue weighted by Gasteiger charge is 2.22. The highest BCUT2D eigenvalue weighted by Crippen LogP contribution is 2.48. The van der Waals surface area contributed by atoms with Gasteiger partial charge in [0.25, 0.3) is 0 Å². The number of aromatic nitrogens is 2. The minimum Gasteiger partial charge on any atom is -0.493 e. The second-order valence-corrected chi connectivity index (χ2v) is 21.6. The SMILES string of the molecule is CCCCCCOc1ccc2ccccc2c1-c1c(OCCCCCC)ccc2cc(-c3ccc(-c4ccc(-c5ccc6c(-c7c(OCCCCCC)ccc8ccccc78)c(OCCCCCC)ccc6c5)cn4)nc3)ccc12. The molecule has 0 spiro atoms. The van der Waals surface area contributed by atoms with E-state index in [0.717, 1.165) is 163 Å². The Morgan fingerprint density at radius 1 is 0.275 bits per heavy atom. The van der Waals surface area contributed by atoms with Gasteiger partial charge in [0.1, 0.15) is 23.0 Å². The molecule has 0 fully saturated rings. The Bertz CT molecular complexity index is 3380. The molecule has 6 heteroatoms. The minimum atomic E-state index is 0.675. The third-order valence-electron chi connectivity index (χ3n) is 15.7. The Morgan fingerprint density at radius 2 is 0.588 bits per heavy atom. The molecule has 0 aliphatic heterocycles. The van der Waals surface area contributed by atoms with Gasteiger partial charge in [-0.1, -0.05) is 214 Å². The Hall–Kier alpha value is -7.70. The first kappa shape index (κ1) is 55.6. The Balaban J connectivity index is 0.932. The van der Waals surface area contributed by atoms with Crippen LogP contribution in [0.1, 0.15) is 130 Å². The molecule has 0 aliphatic carbocycles. The quantitative estimate of drug-likeness (QED) is 0.0436. The largest absolute Gasteiger partial charge is 0.493 e. The van der Waals surface area contributed by atoms with Gasteiger partial charge in [0.2, 0.25) is 0 Å². The lowest BCUT2D eigenvalue weighted by atomic mass is 9.91. The molecule has 80 heavy (non-hydrogen) atoms. The lowest BCUT2D eigenvalue weighted by Crippen LogP contribution is -2.02. The first-order valence-electron chi connectivity index (χ1n) is 30.2. The molecule has 10 rings (SSSR count). The smallest absolute Gasteiger partial charge is 0.127 e. The number of pyridine rings is 2. The summed E-state index contributed by atoms with van der Waals surface area (Å²) in [5, 5.41) is 9.23. The van der Waals surface area contributed by atoms with Crippen LogP contribution in [0.3, 0.4) is 0 Å². The maximum absolute atomic E-state index is 6.72. The van der Waals surface area contributed by atoms with Crippen LogP contribution in [-0.4, -0.2) is 36.4 Å². The molecule has 0 radical (unpaired) electrons. The van der Waals surface area contributed by atoms with Crippen molar-refractivity contribution in [3.8, 4) is 78.9 Å². The molecule has 0 atom stereocenters. The van der Waals surface area contributed by atoms with Gasteiger partial charge in [-0.15, -0.1) is 0 Å². The summed E-state index contributed by atoms with van der Waals surface area (Å²) in [5.41, 5.74) is 10.3. The fourth-order valence-corrected chi connectivity index (χ4v) is 11.3. The molecule has 0 unspecified atom stereocenters. The number of ether oxygens (including phenoxy) is 4. The number of hydrogen-bond donors (Lipinski definition) is 0. The zero-order valence-corrected chi connectivity index (χ0v) is 47.8. The minimum absolute atomic E-state index is 0.675. The van der Waals surface area contributed by atoms with E-state index in [1.54, 1.807) is 0 Å². The molecule has 10 aromatic rings. The molecule has 6 nitrogen and oxygen atoms in total. The Morgan fingerprint density at radius 3 is 0.912 bits per heavy atom. The second-order valence-electron chi connectivity index (χ2n) is 21.6. The van der Waals surface area contributed by atoms with Crippen LogP contribution >= 0.6 is 0 Å². The molecule has 8 aromatic carbocycles. The van der Waals surface area contributed by atoms with E-state index in [0.29, 0.717) is 26.4 Å². The van der Waals surface area contributed by atoms with Crippen LogP contribution in [0.2, 0.25) is 0 Å². The van der Waals surface area contributed by atoms with Crippen molar-refractivity contribution in [2.45, 2.75) is 130 Å². The number of benzene rings is 8. The fraction of sp³-hybridized carbons (Fsp3) is 0.324. The molecule has 2 aromatic heterocycles. The zero-order chi connectivity index (χ0) is 54.9. The van der Waals surface area contributed by atoms with E-state index in [-0.39, 0.29) is 0 Å². The van der Waals surface area contributed by atoms with Gasteiger partial charge in [-0.25, -0.2) is 0 Å². The van der Waals surface area contributed by atoms with Crippen molar-refractivity contribution in [2.75, 3.05) is 26.4 Å². The van der Waals surface area contributed by atoms with E-state index in [9.17, 15) is 0 Å². The molecule has 410 valence electrons. The van der Waals surface area contributed by atoms with E-state index in [4.69, 9.17) is 28.9 Å². The fourth-order valence-electron chi connectivity index (χ4n) is 11.3. The van der Waals surface area contributed by atoms with Gasteiger partial charge in [-0.3, -0.25) is 9.97 Å². The summed E-state index contributed by atoms with van der Waals surface area (Å²) < 4.78 is 26.8. The van der Waals surface area contributed by atoms with Gasteiger partial charge < -0.3 is 18.9 Å². The molecular formula is C74H80N2O4. The lowest BCUT2D eigenvalue weighted by molar-refractivity contribution is 0.302. The van der Waals surface area contributed by atoms with Crippen LogP contribution in [-0.2, 0) is 0 Å². The summed E-state index contributed by atoms with van der Waals surface area (Å²) in [6.45, 7) is 11.7. The summed E-state index contributed by atoms with van der Waals surface area (Å²) in [7, 11) is 0. The van der Waals surface area contributed by atoms with Crippen molar-refractivity contribution in [2.24, 2.45) is 0 Å². The van der Waals surface area contributed by atoms with Gasteiger partial charge in [0.15, 0.2) is 0 Å². The van der Waals surface area contributed by atoms with Crippen molar-refractivity contribution in [1.82, 2.24) is 9.97 Å². The van der Waals surface area contributed by atoms with Crippen molar-refractivity contribution in [1.29, 1.82) is 0 Å². The maximum atomic E-state index is 6.72. The second kappa shape index (κ2) is 27.9. The van der Waals surface area contributed by atoms with E-state index in [2.05, 4.69) is 185 Å². The van der Waals surface area contributed by atoms with Crippen LogP contribution in [0.25, 0.3) is 99.0 Å². The number of rotatable bonds is 29. The summed E-state index contributed by atoms with van der Waals surface area (Å²) >= 11 is 0. The lowest BCUT2D eigenvalue weighted by Gasteiger charge is -2.20. The summed E-state index contributed by atoms with van der Waals surface area (Å²) in [4.78, 5) is 9.99. The monoisotopic (exact) mass is 1060 g/mol. The normalized spacial score (nSPS) is 11.5. The number of fused-ring (bicyclic) bond motifs is 4. The molecule has 0 bridgehead atoms. The maximum Gasteiger partial charge on any atom is 0.127 e. The molecule has 0 amide bonds. The third-order valence-corrected chi connectivity index (χ3v) is 15.7. The van der Waals surface area contributed by atoms with Crippen molar-refractivity contribution in [3.63, 3.8) is 0 Å². The first-order valence-corrected chi connectivity index (χ1v) is 30.2. The topological polar surface area (TPSA) is 62.7 Å². The molecule has 0 saturated heterocycles. The van der Waals surface area contributed by atoms with Crippen molar-refractivity contribution >= 4 is 43.1 Å². The molecule has 2 heterocycles. The van der Waals surface area contributed by atoms with Gasteiger partial charge in [-0.05, 0) is 128 Å². The highest BCUT2D eigenvalue weighted by molar-refractivity contribution is 6.12. The van der Waals surface area contributed by atoms with E-state index < -0.39 is 0 Å². The average Bonchev–Trinajstić information content (AvgIpc) is 3.55. The zero-order valence-electron chi connectivity index (χ0n) is 47.8. The van der Waals surface area contributed by atoms with Gasteiger partial charge in [0, 0.05) is 45.8 Å². The predicted molar refractivity (Wildman–Crippen MR) is 338 cm³/mol. The molecule has 0 saturated carbocycles. The molecule has 0 aliphatic rings. The first-order chi connectivity index (χ1) is 39.6. The van der Waals surface area contributed by atoms with Crippen molar-refractivity contribution in [3.05, 3.63) is 170 Å². The third kappa shape index (κ3) is 13.1. The van der Waals surface area contributed by atoms with Gasteiger partial charge in [0.05, 0.1) is 37.8 Å². The van der Waals surface area contributed by atoms with Crippen molar-refractivity contribution < 1.29 is 18.9 Å². The van der Waals surface area contributed by atoms with E-state index in [1.807, 2.05) is 12.4 Å². The van der Waals surface area contributed by atoms with Crippen LogP contribution in [0, 0.1) is 0 Å². The highest BCUT2D eigenvalue weighted by atomic mass is 16.5. The van der Waals surface area contributed by atoms with E-state index in [1.165, 1.54) is 62.1 Å². The average molecular weight is 1060 g/mol. The summed E-state index contributed by atoms with van der Waals surface area (Å²) in [6.07, 6.45) is 22.3. The Labute approximate surface area is 475 Å². The Kier molecular flexibility index (Phi) is 19.4. The van der Waals surface area contributed by atoms with Crippen LogP contribution in [0.5, 0.6) is 23.0 Å². The molecule has 0 N–H and O–H groups in total. The van der Waals surface area contributed by atoms with Gasteiger partial charge >= 0.3 is 0 Å². The van der Waals surface area contributed by atoms with Gasteiger partial charge in [-0.2, -0.15) is 0 Å². The van der Waals surface area contributed by atoms with Crippen LogP contribution in [0.15, 0.2) is 170 Å². The van der Waals surface area contributed by atoms with Crippen LogP contribution < -0.4 is 18.9 Å².